The largest absolute Gasteiger partial charge is 0.338 e. The molecule has 2 N–H and O–H groups in total. The monoisotopic (exact) mass is 142 g/mol. The molecule has 0 aromatic heterocycles. The van der Waals surface area contributed by atoms with Crippen molar-refractivity contribution in [2.45, 2.75) is 20.3 Å². The van der Waals surface area contributed by atoms with E-state index in [1.807, 2.05) is 13.8 Å². The Morgan fingerprint density at radius 2 is 2.10 bits per heavy atom. The SMILES string of the molecule is C=C(CC)NC(=O)NCC. The van der Waals surface area contributed by atoms with Crippen molar-refractivity contribution in [3.05, 3.63) is 12.3 Å². The van der Waals surface area contributed by atoms with Crippen LogP contribution in [0.2, 0.25) is 0 Å². The van der Waals surface area contributed by atoms with Gasteiger partial charge in [-0.25, -0.2) is 4.79 Å². The molecule has 0 fully saturated rings. The van der Waals surface area contributed by atoms with Crippen LogP contribution >= 0.6 is 0 Å². The summed E-state index contributed by atoms with van der Waals surface area (Å²) in [7, 11) is 0. The molecule has 0 atom stereocenters. The molecule has 58 valence electrons. The fourth-order valence-electron chi connectivity index (χ4n) is 0.454. The van der Waals surface area contributed by atoms with Crippen molar-refractivity contribution in [1.29, 1.82) is 0 Å². The van der Waals surface area contributed by atoms with E-state index >= 15 is 0 Å². The molecule has 0 aromatic carbocycles. The summed E-state index contributed by atoms with van der Waals surface area (Å²) in [5, 5.41) is 5.19. The highest BCUT2D eigenvalue weighted by Gasteiger charge is 1.96. The molecule has 0 unspecified atom stereocenters. The van der Waals surface area contributed by atoms with Crippen molar-refractivity contribution in [3.8, 4) is 0 Å². The molecular formula is C7H14N2O. The summed E-state index contributed by atoms with van der Waals surface area (Å²) in [5.41, 5.74) is 0.742. The highest BCUT2D eigenvalue weighted by atomic mass is 16.2. The topological polar surface area (TPSA) is 41.1 Å². The van der Waals surface area contributed by atoms with Crippen LogP contribution in [0.1, 0.15) is 20.3 Å². The van der Waals surface area contributed by atoms with Crippen LogP contribution in [0.4, 0.5) is 4.79 Å². The first kappa shape index (κ1) is 9.01. The molecule has 0 heterocycles. The van der Waals surface area contributed by atoms with Crippen LogP contribution in [0.15, 0.2) is 12.3 Å². The Labute approximate surface area is 61.5 Å². The van der Waals surface area contributed by atoms with E-state index in [-0.39, 0.29) is 6.03 Å². The molecule has 0 spiro atoms. The van der Waals surface area contributed by atoms with E-state index in [2.05, 4.69) is 17.2 Å². The molecule has 0 saturated heterocycles. The van der Waals surface area contributed by atoms with Gasteiger partial charge in [0, 0.05) is 12.2 Å². The summed E-state index contributed by atoms with van der Waals surface area (Å²) in [6.07, 6.45) is 0.775. The van der Waals surface area contributed by atoms with Crippen molar-refractivity contribution >= 4 is 6.03 Å². The third-order valence-corrected chi connectivity index (χ3v) is 1.05. The number of carbonyl (C=O) groups excluding carboxylic acids is 1. The first-order chi connectivity index (χ1) is 4.70. The first-order valence-electron chi connectivity index (χ1n) is 3.43. The van der Waals surface area contributed by atoms with Crippen LogP contribution in [0.3, 0.4) is 0 Å². The van der Waals surface area contributed by atoms with E-state index in [1.54, 1.807) is 0 Å². The number of nitrogens with one attached hydrogen (secondary N) is 2. The van der Waals surface area contributed by atoms with E-state index in [9.17, 15) is 4.79 Å². The fraction of sp³-hybridized carbons (Fsp3) is 0.571. The van der Waals surface area contributed by atoms with Gasteiger partial charge in [0.2, 0.25) is 0 Å². The molecule has 0 aliphatic rings. The van der Waals surface area contributed by atoms with E-state index < -0.39 is 0 Å². The molecule has 0 aliphatic heterocycles. The maximum atomic E-state index is 10.7. The molecule has 0 aromatic rings. The Hall–Kier alpha value is -0.990. The Balaban J connectivity index is 3.47. The van der Waals surface area contributed by atoms with Gasteiger partial charge < -0.3 is 10.6 Å². The second-order valence-corrected chi connectivity index (χ2v) is 1.94. The number of allylic oxidation sites excluding steroid dienone is 1. The molecular weight excluding hydrogens is 128 g/mol. The quantitative estimate of drug-likeness (QED) is 0.611. The second-order valence-electron chi connectivity index (χ2n) is 1.94. The Morgan fingerprint density at radius 3 is 2.50 bits per heavy atom. The van der Waals surface area contributed by atoms with Crippen LogP contribution in [-0.2, 0) is 0 Å². The number of carbonyl (C=O) groups is 1. The minimum atomic E-state index is -0.172. The molecule has 0 radical (unpaired) electrons. The average Bonchev–Trinajstić information content (AvgIpc) is 1.88. The number of hydrogen-bond donors (Lipinski definition) is 2. The lowest BCUT2D eigenvalue weighted by molar-refractivity contribution is 0.243. The predicted octanol–water partition coefficient (Wildman–Crippen LogP) is 1.23. The number of rotatable bonds is 3. The highest BCUT2D eigenvalue weighted by Crippen LogP contribution is 1.88. The van der Waals surface area contributed by atoms with Crippen molar-refractivity contribution in [2.24, 2.45) is 0 Å². The van der Waals surface area contributed by atoms with Gasteiger partial charge in [0.1, 0.15) is 0 Å². The summed E-state index contributed by atoms with van der Waals surface area (Å²) >= 11 is 0. The molecule has 0 rings (SSSR count). The minimum Gasteiger partial charge on any atom is -0.338 e. The normalized spacial score (nSPS) is 8.60. The Bertz CT molecular complexity index is 132. The van der Waals surface area contributed by atoms with Gasteiger partial charge in [-0.3, -0.25) is 0 Å². The maximum absolute atomic E-state index is 10.7. The van der Waals surface area contributed by atoms with E-state index in [0.717, 1.165) is 12.1 Å². The molecule has 0 aliphatic carbocycles. The smallest absolute Gasteiger partial charge is 0.318 e. The molecule has 3 heteroatoms. The molecule has 10 heavy (non-hydrogen) atoms. The van der Waals surface area contributed by atoms with Crippen molar-refractivity contribution in [2.75, 3.05) is 6.54 Å². The zero-order valence-corrected chi connectivity index (χ0v) is 6.53. The van der Waals surface area contributed by atoms with Crippen molar-refractivity contribution in [3.63, 3.8) is 0 Å². The summed E-state index contributed by atoms with van der Waals surface area (Å²) in [6, 6.07) is -0.172. The highest BCUT2D eigenvalue weighted by molar-refractivity contribution is 5.75. The van der Waals surface area contributed by atoms with Crippen LogP contribution in [-0.4, -0.2) is 12.6 Å². The van der Waals surface area contributed by atoms with E-state index in [4.69, 9.17) is 0 Å². The third kappa shape index (κ3) is 3.95. The van der Waals surface area contributed by atoms with Crippen molar-refractivity contribution < 1.29 is 4.79 Å². The van der Waals surface area contributed by atoms with Crippen molar-refractivity contribution in [1.82, 2.24) is 10.6 Å². The first-order valence-corrected chi connectivity index (χ1v) is 3.43. The zero-order chi connectivity index (χ0) is 7.98. The van der Waals surface area contributed by atoms with Gasteiger partial charge in [-0.2, -0.15) is 0 Å². The molecule has 0 bridgehead atoms. The predicted molar refractivity (Wildman–Crippen MR) is 41.6 cm³/mol. The molecule has 0 saturated carbocycles. The molecule has 3 nitrogen and oxygen atoms in total. The number of urea groups is 1. The van der Waals surface area contributed by atoms with E-state index in [0.29, 0.717) is 6.54 Å². The minimum absolute atomic E-state index is 0.172. The summed E-state index contributed by atoms with van der Waals surface area (Å²) in [5.74, 6) is 0. The Morgan fingerprint density at radius 1 is 1.50 bits per heavy atom. The third-order valence-electron chi connectivity index (χ3n) is 1.05. The summed E-state index contributed by atoms with van der Waals surface area (Å²) in [4.78, 5) is 10.7. The average molecular weight is 142 g/mol. The Kier molecular flexibility index (Phi) is 4.37. The number of hydrogen-bond acceptors (Lipinski definition) is 1. The van der Waals surface area contributed by atoms with Gasteiger partial charge in [0.15, 0.2) is 0 Å². The van der Waals surface area contributed by atoms with Crippen LogP contribution < -0.4 is 10.6 Å². The van der Waals surface area contributed by atoms with Gasteiger partial charge in [0.05, 0.1) is 0 Å². The van der Waals surface area contributed by atoms with E-state index in [1.165, 1.54) is 0 Å². The van der Waals surface area contributed by atoms with Gasteiger partial charge in [0.25, 0.3) is 0 Å². The summed E-state index contributed by atoms with van der Waals surface area (Å²) < 4.78 is 0. The molecule has 2 amide bonds. The standard InChI is InChI=1S/C7H14N2O/c1-4-6(3)9-7(10)8-5-2/h3-5H2,1-2H3,(H2,8,9,10). The van der Waals surface area contributed by atoms with Gasteiger partial charge in [-0.15, -0.1) is 0 Å². The number of amides is 2. The van der Waals surface area contributed by atoms with Gasteiger partial charge in [-0.05, 0) is 13.3 Å². The van der Waals surface area contributed by atoms with Gasteiger partial charge >= 0.3 is 6.03 Å². The lowest BCUT2D eigenvalue weighted by atomic mass is 10.4. The van der Waals surface area contributed by atoms with Crippen LogP contribution in [0.25, 0.3) is 0 Å². The lowest BCUT2D eigenvalue weighted by Crippen LogP contribution is -2.34. The van der Waals surface area contributed by atoms with Crippen LogP contribution in [0.5, 0.6) is 0 Å². The second kappa shape index (κ2) is 4.85. The maximum Gasteiger partial charge on any atom is 0.318 e. The van der Waals surface area contributed by atoms with Gasteiger partial charge in [-0.1, -0.05) is 13.5 Å². The lowest BCUT2D eigenvalue weighted by Gasteiger charge is -2.05. The summed E-state index contributed by atoms with van der Waals surface area (Å²) in [6.45, 7) is 8.07. The fourth-order valence-corrected chi connectivity index (χ4v) is 0.454. The zero-order valence-electron chi connectivity index (χ0n) is 6.53. The van der Waals surface area contributed by atoms with Crippen LogP contribution in [0, 0.1) is 0 Å².